The third kappa shape index (κ3) is 7.63. The van der Waals surface area contributed by atoms with Crippen molar-refractivity contribution in [1.29, 1.82) is 0 Å². The van der Waals surface area contributed by atoms with Crippen LogP contribution < -0.4 is 16.0 Å². The van der Waals surface area contributed by atoms with Gasteiger partial charge in [-0.1, -0.05) is 78.0 Å². The summed E-state index contributed by atoms with van der Waals surface area (Å²) >= 11 is 0. The molecule has 0 atom stereocenters. The maximum Gasteiger partial charge on any atom is 0.437 e. The molecule has 0 unspecified atom stereocenters. The lowest BCUT2D eigenvalue weighted by molar-refractivity contribution is 0.0967. The summed E-state index contributed by atoms with van der Waals surface area (Å²) in [7, 11) is 0. The molecule has 37 heavy (non-hydrogen) atoms. The van der Waals surface area contributed by atoms with Gasteiger partial charge < -0.3 is 5.32 Å². The van der Waals surface area contributed by atoms with Gasteiger partial charge in [-0.3, -0.25) is 20.3 Å². The number of anilines is 2. The van der Waals surface area contributed by atoms with Crippen LogP contribution in [-0.4, -0.2) is 24.2 Å². The minimum absolute atomic E-state index is 0.352. The van der Waals surface area contributed by atoms with Gasteiger partial charge in [0.05, 0.1) is 0 Å². The Morgan fingerprint density at radius 3 is 2.03 bits per heavy atom. The second-order valence-corrected chi connectivity index (χ2v) is 7.92. The van der Waals surface area contributed by atoms with E-state index in [0.29, 0.717) is 23.4 Å². The van der Waals surface area contributed by atoms with Gasteiger partial charge in [0, 0.05) is 29.6 Å². The second kappa shape index (κ2) is 12.5. The zero-order valence-corrected chi connectivity index (χ0v) is 19.8. The van der Waals surface area contributed by atoms with Crippen molar-refractivity contribution in [2.75, 3.05) is 10.6 Å². The highest BCUT2D eigenvalue weighted by molar-refractivity contribution is 6.08. The van der Waals surface area contributed by atoms with Gasteiger partial charge in [0.1, 0.15) is 0 Å². The molecule has 0 aliphatic heterocycles. The number of hydrogen-bond acceptors (Lipinski definition) is 5. The van der Waals surface area contributed by atoms with Crippen molar-refractivity contribution in [2.24, 2.45) is 5.16 Å². The topological polar surface area (TPSA) is 109 Å². The Morgan fingerprint density at radius 1 is 0.703 bits per heavy atom. The molecule has 0 radical (unpaired) electrons. The summed E-state index contributed by atoms with van der Waals surface area (Å²) in [6.45, 7) is 0. The van der Waals surface area contributed by atoms with E-state index in [1.54, 1.807) is 66.7 Å². The molecule has 8 nitrogen and oxygen atoms in total. The first-order valence-corrected chi connectivity index (χ1v) is 11.5. The lowest BCUT2D eigenvalue weighted by atomic mass is 10.00. The first-order chi connectivity index (χ1) is 18.1. The number of urea groups is 1. The molecule has 0 spiro atoms. The monoisotopic (exact) mass is 492 g/mol. The number of benzene rings is 4. The quantitative estimate of drug-likeness (QED) is 0.165. The van der Waals surface area contributed by atoms with E-state index in [4.69, 9.17) is 4.84 Å². The summed E-state index contributed by atoms with van der Waals surface area (Å²) in [6, 6.07) is 31.9. The van der Waals surface area contributed by atoms with E-state index in [1.165, 1.54) is 6.21 Å². The molecule has 0 bridgehead atoms. The first-order valence-electron chi connectivity index (χ1n) is 11.5. The fourth-order valence-electron chi connectivity index (χ4n) is 3.47. The number of imide groups is 1. The summed E-state index contributed by atoms with van der Waals surface area (Å²) in [5, 5.41) is 11.3. The van der Waals surface area contributed by atoms with Gasteiger partial charge in [-0.15, -0.1) is 0 Å². The Hall–Kier alpha value is -5.24. The summed E-state index contributed by atoms with van der Waals surface area (Å²) in [6.07, 6.45) is 1.26. The van der Waals surface area contributed by atoms with Crippen LogP contribution >= 0.6 is 0 Å². The molecule has 4 aromatic carbocycles. The van der Waals surface area contributed by atoms with E-state index in [0.717, 1.165) is 16.7 Å². The Kier molecular flexibility index (Phi) is 8.38. The summed E-state index contributed by atoms with van der Waals surface area (Å²) in [5.41, 5.74) is 4.19. The van der Waals surface area contributed by atoms with Gasteiger partial charge in [-0.25, -0.2) is 9.59 Å². The van der Waals surface area contributed by atoms with Crippen LogP contribution in [0.2, 0.25) is 0 Å². The van der Waals surface area contributed by atoms with E-state index in [2.05, 4.69) is 21.1 Å². The molecule has 4 rings (SSSR count). The normalized spacial score (nSPS) is 10.5. The Morgan fingerprint density at radius 2 is 1.32 bits per heavy atom. The van der Waals surface area contributed by atoms with E-state index < -0.39 is 18.0 Å². The molecule has 4 amide bonds. The molecule has 4 aromatic rings. The average Bonchev–Trinajstić information content (AvgIpc) is 2.92. The molecular formula is C29H24N4O4. The van der Waals surface area contributed by atoms with Crippen molar-refractivity contribution in [2.45, 2.75) is 6.42 Å². The van der Waals surface area contributed by atoms with Crippen LogP contribution in [0.3, 0.4) is 0 Å². The van der Waals surface area contributed by atoms with Gasteiger partial charge in [0.15, 0.2) is 0 Å². The number of nitrogens with one attached hydrogen (secondary N) is 3. The number of rotatable bonds is 7. The molecule has 8 heteroatoms. The lowest BCUT2D eigenvalue weighted by Gasteiger charge is -2.09. The van der Waals surface area contributed by atoms with Gasteiger partial charge in [-0.2, -0.15) is 0 Å². The standard InChI is InChI=1S/C29H24N4O4/c34-27(33-28(35)31-25-13-3-1-4-14-25)24-12-8-11-23(20-24)22-10-7-9-21(19-22)17-18-30-37-29(36)32-26-15-5-2-6-16-26/h1-16,18-20H,17H2,(H,32,36)(H2,31,33,34,35). The van der Waals surface area contributed by atoms with Crippen LogP contribution in [0.4, 0.5) is 21.0 Å². The van der Waals surface area contributed by atoms with Crippen LogP contribution in [0.25, 0.3) is 11.1 Å². The third-order valence-corrected chi connectivity index (χ3v) is 5.20. The maximum absolute atomic E-state index is 12.6. The number of carbonyl (C=O) groups is 3. The molecule has 0 aliphatic rings. The van der Waals surface area contributed by atoms with Gasteiger partial charge in [0.25, 0.3) is 5.91 Å². The molecule has 0 fully saturated rings. The molecule has 0 aliphatic carbocycles. The van der Waals surface area contributed by atoms with Crippen molar-refractivity contribution >= 4 is 35.6 Å². The lowest BCUT2D eigenvalue weighted by Crippen LogP contribution is -2.34. The van der Waals surface area contributed by atoms with Crippen LogP contribution in [-0.2, 0) is 11.3 Å². The number of oxime groups is 1. The second-order valence-electron chi connectivity index (χ2n) is 7.92. The van der Waals surface area contributed by atoms with Gasteiger partial charge in [-0.05, 0) is 53.1 Å². The molecule has 0 saturated heterocycles. The number of nitrogens with zero attached hydrogens (tertiary/aromatic N) is 1. The summed E-state index contributed by atoms with van der Waals surface area (Å²) in [5.74, 6) is -0.510. The number of hydrogen-bond donors (Lipinski definition) is 3. The van der Waals surface area contributed by atoms with Crippen LogP contribution in [0, 0.1) is 0 Å². The third-order valence-electron chi connectivity index (χ3n) is 5.20. The highest BCUT2D eigenvalue weighted by atomic mass is 16.7. The predicted octanol–water partition coefficient (Wildman–Crippen LogP) is 6.09. The van der Waals surface area contributed by atoms with E-state index in [1.807, 2.05) is 42.5 Å². The zero-order valence-electron chi connectivity index (χ0n) is 19.8. The zero-order chi connectivity index (χ0) is 25.9. The Labute approximate surface area is 214 Å². The minimum Gasteiger partial charge on any atom is -0.308 e. The van der Waals surface area contributed by atoms with Crippen molar-refractivity contribution < 1.29 is 19.2 Å². The van der Waals surface area contributed by atoms with Crippen LogP contribution in [0.15, 0.2) is 114 Å². The molecule has 0 heterocycles. The molecular weight excluding hydrogens is 468 g/mol. The number of para-hydroxylation sites is 2. The average molecular weight is 493 g/mol. The van der Waals surface area contributed by atoms with E-state index in [9.17, 15) is 14.4 Å². The molecule has 3 N–H and O–H groups in total. The fraction of sp³-hybridized carbons (Fsp3) is 0.0345. The van der Waals surface area contributed by atoms with Crippen molar-refractivity contribution in [3.63, 3.8) is 0 Å². The minimum atomic E-state index is -0.677. The fourth-order valence-corrected chi connectivity index (χ4v) is 3.47. The van der Waals surface area contributed by atoms with Crippen molar-refractivity contribution in [1.82, 2.24) is 5.32 Å². The van der Waals surface area contributed by atoms with Gasteiger partial charge >= 0.3 is 12.1 Å². The highest BCUT2D eigenvalue weighted by Gasteiger charge is 2.11. The Bertz CT molecular complexity index is 1410. The molecule has 184 valence electrons. The predicted molar refractivity (Wildman–Crippen MR) is 144 cm³/mol. The smallest absolute Gasteiger partial charge is 0.308 e. The highest BCUT2D eigenvalue weighted by Crippen LogP contribution is 2.22. The van der Waals surface area contributed by atoms with Crippen LogP contribution in [0.5, 0.6) is 0 Å². The number of amides is 4. The van der Waals surface area contributed by atoms with Crippen LogP contribution in [0.1, 0.15) is 15.9 Å². The first kappa shape index (κ1) is 24.9. The van der Waals surface area contributed by atoms with E-state index >= 15 is 0 Å². The van der Waals surface area contributed by atoms with Crippen molar-refractivity contribution in [3.8, 4) is 11.1 Å². The largest absolute Gasteiger partial charge is 0.437 e. The van der Waals surface area contributed by atoms with Crippen molar-refractivity contribution in [3.05, 3.63) is 120 Å². The van der Waals surface area contributed by atoms with Gasteiger partial charge in [0.2, 0.25) is 0 Å². The maximum atomic E-state index is 12.6. The summed E-state index contributed by atoms with van der Waals surface area (Å²) in [4.78, 5) is 41.4. The SMILES string of the molecule is O=C(NC(=O)c1cccc(-c2cccc(CC=NOC(=O)Nc3ccccc3)c2)c1)Nc1ccccc1. The molecule has 0 aromatic heterocycles. The Balaban J connectivity index is 1.33. The summed E-state index contributed by atoms with van der Waals surface area (Å²) < 4.78 is 0. The molecule has 0 saturated carbocycles. The number of carbonyl (C=O) groups excluding carboxylic acids is 3. The van der Waals surface area contributed by atoms with E-state index in [-0.39, 0.29) is 0 Å².